The van der Waals surface area contributed by atoms with Gasteiger partial charge in [-0.1, -0.05) is 6.07 Å². The third-order valence-corrected chi connectivity index (χ3v) is 4.29. The zero-order valence-electron chi connectivity index (χ0n) is 10.9. The first kappa shape index (κ1) is 13.5. The Morgan fingerprint density at radius 2 is 2.25 bits per heavy atom. The molecule has 104 valence electrons. The Morgan fingerprint density at radius 1 is 1.50 bits per heavy atom. The third-order valence-electron chi connectivity index (χ3n) is 3.39. The van der Waals surface area contributed by atoms with Gasteiger partial charge in [0.2, 0.25) is 0 Å². The van der Waals surface area contributed by atoms with E-state index in [1.54, 1.807) is 23.0 Å². The molecule has 1 aromatic heterocycles. The number of anilines is 1. The van der Waals surface area contributed by atoms with Gasteiger partial charge in [0.15, 0.2) is 0 Å². The predicted molar refractivity (Wildman–Crippen MR) is 82.3 cm³/mol. The largest absolute Gasteiger partial charge is 0.319 e. The minimum Gasteiger partial charge on any atom is -0.319 e. The number of hydrogen-bond donors (Lipinski definition) is 1. The molecule has 1 amide bonds. The van der Waals surface area contributed by atoms with E-state index < -0.39 is 11.7 Å². The predicted octanol–water partition coefficient (Wildman–Crippen LogP) is 3.29. The molecular weight excluding hydrogens is 372 g/mol. The minimum atomic E-state index is -0.508. The van der Waals surface area contributed by atoms with Gasteiger partial charge in [-0.25, -0.2) is 4.39 Å². The first-order chi connectivity index (χ1) is 9.58. The van der Waals surface area contributed by atoms with Crippen LogP contribution in [0, 0.1) is 9.39 Å². The Morgan fingerprint density at radius 3 is 2.90 bits per heavy atom. The second-order valence-electron chi connectivity index (χ2n) is 4.89. The van der Waals surface area contributed by atoms with Crippen LogP contribution in [0.5, 0.6) is 0 Å². The lowest BCUT2D eigenvalue weighted by molar-refractivity contribution is 0.102. The molecule has 0 aliphatic heterocycles. The summed E-state index contributed by atoms with van der Waals surface area (Å²) in [5.74, 6) is -0.480. The van der Waals surface area contributed by atoms with E-state index >= 15 is 0 Å². The number of amides is 1. The number of benzene rings is 1. The summed E-state index contributed by atoms with van der Waals surface area (Å²) in [5.41, 5.74) is 1.78. The number of rotatable bonds is 3. The number of carbonyl (C=O) groups is 1. The van der Waals surface area contributed by atoms with Crippen molar-refractivity contribution in [3.8, 4) is 0 Å². The highest BCUT2D eigenvalue weighted by Gasteiger charge is 2.30. The molecule has 1 fully saturated rings. The van der Waals surface area contributed by atoms with Crippen LogP contribution in [0.4, 0.5) is 10.1 Å². The lowest BCUT2D eigenvalue weighted by atomic mass is 10.2. The van der Waals surface area contributed by atoms with Crippen molar-refractivity contribution >= 4 is 34.2 Å². The molecule has 20 heavy (non-hydrogen) atoms. The molecule has 0 bridgehead atoms. The number of halogens is 2. The quantitative estimate of drug-likeness (QED) is 0.825. The molecule has 0 spiro atoms. The molecule has 6 heteroatoms. The van der Waals surface area contributed by atoms with Crippen molar-refractivity contribution in [2.75, 3.05) is 5.32 Å². The van der Waals surface area contributed by atoms with Crippen molar-refractivity contribution in [2.45, 2.75) is 18.8 Å². The molecule has 1 heterocycles. The van der Waals surface area contributed by atoms with Crippen LogP contribution in [0.1, 0.15) is 34.8 Å². The van der Waals surface area contributed by atoms with Crippen LogP contribution in [0.3, 0.4) is 0 Å². The van der Waals surface area contributed by atoms with Gasteiger partial charge in [0.25, 0.3) is 5.91 Å². The van der Waals surface area contributed by atoms with Gasteiger partial charge in [-0.2, -0.15) is 5.10 Å². The Bertz CT molecular complexity index is 659. The molecule has 4 nitrogen and oxygen atoms in total. The minimum absolute atomic E-state index is 0.0821. The first-order valence-electron chi connectivity index (χ1n) is 6.35. The molecule has 0 atom stereocenters. The van der Waals surface area contributed by atoms with Crippen molar-refractivity contribution in [3.63, 3.8) is 0 Å². The average molecular weight is 385 g/mol. The zero-order chi connectivity index (χ0) is 14.3. The highest BCUT2D eigenvalue weighted by atomic mass is 127. The second-order valence-corrected chi connectivity index (χ2v) is 6.05. The fraction of sp³-hybridized carbons (Fsp3) is 0.286. The molecule has 1 saturated carbocycles. The van der Waals surface area contributed by atoms with E-state index in [1.165, 1.54) is 6.07 Å². The van der Waals surface area contributed by atoms with E-state index in [0.29, 0.717) is 15.2 Å². The van der Waals surface area contributed by atoms with Gasteiger partial charge in [-0.15, -0.1) is 0 Å². The fourth-order valence-corrected chi connectivity index (χ4v) is 2.99. The standard InChI is InChI=1S/C14H13FIN3O/c1-19-13(8-5-6-8)11(7-17-19)18-14(20)12-9(15)3-2-4-10(12)16/h2-4,7-8H,5-6H2,1H3,(H,18,20). The van der Waals surface area contributed by atoms with Gasteiger partial charge >= 0.3 is 0 Å². The van der Waals surface area contributed by atoms with Crippen LogP contribution < -0.4 is 5.32 Å². The summed E-state index contributed by atoms with van der Waals surface area (Å²) in [6.45, 7) is 0. The van der Waals surface area contributed by atoms with Crippen molar-refractivity contribution in [1.29, 1.82) is 0 Å². The SMILES string of the molecule is Cn1ncc(NC(=O)c2c(F)cccc2I)c1C1CC1. The third kappa shape index (κ3) is 2.44. The number of carbonyl (C=O) groups excluding carboxylic acids is 1. The number of nitrogens with one attached hydrogen (secondary N) is 1. The molecule has 3 rings (SSSR count). The number of aromatic nitrogens is 2. The van der Waals surface area contributed by atoms with E-state index in [1.807, 2.05) is 29.6 Å². The molecule has 1 aliphatic rings. The number of nitrogens with zero attached hydrogens (tertiary/aromatic N) is 2. The monoisotopic (exact) mass is 385 g/mol. The van der Waals surface area contributed by atoms with E-state index in [0.717, 1.165) is 18.5 Å². The van der Waals surface area contributed by atoms with Crippen molar-refractivity contribution < 1.29 is 9.18 Å². The highest BCUT2D eigenvalue weighted by molar-refractivity contribution is 14.1. The van der Waals surface area contributed by atoms with Crippen molar-refractivity contribution in [1.82, 2.24) is 9.78 Å². The molecule has 1 aliphatic carbocycles. The van der Waals surface area contributed by atoms with E-state index in [9.17, 15) is 9.18 Å². The summed E-state index contributed by atoms with van der Waals surface area (Å²) in [6.07, 6.45) is 3.85. The Hall–Kier alpha value is -1.44. The molecule has 0 radical (unpaired) electrons. The summed E-state index contributed by atoms with van der Waals surface area (Å²) in [4.78, 5) is 12.3. The van der Waals surface area contributed by atoms with Crippen molar-refractivity contribution in [2.24, 2.45) is 7.05 Å². The van der Waals surface area contributed by atoms with E-state index in [4.69, 9.17) is 0 Å². The van der Waals surface area contributed by atoms with Gasteiger partial charge < -0.3 is 5.32 Å². The van der Waals surface area contributed by atoms with Gasteiger partial charge in [-0.3, -0.25) is 9.48 Å². The van der Waals surface area contributed by atoms with Crippen LogP contribution in [-0.4, -0.2) is 15.7 Å². The summed E-state index contributed by atoms with van der Waals surface area (Å²) in [7, 11) is 1.86. The molecule has 0 saturated heterocycles. The topological polar surface area (TPSA) is 46.9 Å². The van der Waals surface area contributed by atoms with Crippen LogP contribution in [0.25, 0.3) is 0 Å². The highest BCUT2D eigenvalue weighted by Crippen LogP contribution is 2.43. The summed E-state index contributed by atoms with van der Waals surface area (Å²) in [5, 5.41) is 6.96. The maximum Gasteiger partial charge on any atom is 0.259 e. The Balaban J connectivity index is 1.90. The van der Waals surface area contributed by atoms with Crippen molar-refractivity contribution in [3.05, 3.63) is 45.0 Å². The normalized spacial score (nSPS) is 14.3. The summed E-state index contributed by atoms with van der Waals surface area (Å²) in [6, 6.07) is 4.60. The molecule has 1 N–H and O–H groups in total. The van der Waals surface area contributed by atoms with E-state index in [-0.39, 0.29) is 5.56 Å². The maximum atomic E-state index is 13.8. The molecular formula is C14H13FIN3O. The van der Waals surface area contributed by atoms with Gasteiger partial charge in [0.1, 0.15) is 5.82 Å². The van der Waals surface area contributed by atoms with Gasteiger partial charge in [0.05, 0.1) is 23.1 Å². The van der Waals surface area contributed by atoms with Crippen LogP contribution in [-0.2, 0) is 7.05 Å². The second kappa shape index (κ2) is 5.16. The lowest BCUT2D eigenvalue weighted by Crippen LogP contribution is -2.16. The molecule has 2 aromatic rings. The van der Waals surface area contributed by atoms with Crippen LogP contribution in [0.15, 0.2) is 24.4 Å². The number of aryl methyl sites for hydroxylation is 1. The summed E-state index contributed by atoms with van der Waals surface area (Å²) < 4.78 is 16.2. The lowest BCUT2D eigenvalue weighted by Gasteiger charge is -2.09. The fourth-order valence-electron chi connectivity index (χ4n) is 2.28. The molecule has 1 aromatic carbocycles. The first-order valence-corrected chi connectivity index (χ1v) is 7.43. The van der Waals surface area contributed by atoms with Crippen LogP contribution >= 0.6 is 22.6 Å². The Kier molecular flexibility index (Phi) is 3.49. The molecule has 0 unspecified atom stereocenters. The van der Waals surface area contributed by atoms with Crippen LogP contribution in [0.2, 0.25) is 0 Å². The van der Waals surface area contributed by atoms with E-state index in [2.05, 4.69) is 10.4 Å². The zero-order valence-corrected chi connectivity index (χ0v) is 13.0. The maximum absolute atomic E-state index is 13.8. The summed E-state index contributed by atoms with van der Waals surface area (Å²) >= 11 is 1.96. The van der Waals surface area contributed by atoms with Gasteiger partial charge in [0, 0.05) is 16.5 Å². The average Bonchev–Trinajstić information content (AvgIpc) is 3.15. The van der Waals surface area contributed by atoms with Gasteiger partial charge in [-0.05, 0) is 47.6 Å². The number of hydrogen-bond acceptors (Lipinski definition) is 2. The smallest absolute Gasteiger partial charge is 0.259 e. The Labute approximate surface area is 129 Å².